The van der Waals surface area contributed by atoms with E-state index in [0.29, 0.717) is 0 Å². The van der Waals surface area contributed by atoms with Crippen molar-refractivity contribution in [3.63, 3.8) is 0 Å². The molecule has 9 heavy (non-hydrogen) atoms. The fourth-order valence-corrected chi connectivity index (χ4v) is 0.512. The van der Waals surface area contributed by atoms with Gasteiger partial charge in [-0.1, -0.05) is 0 Å². The molecule has 0 aliphatic heterocycles. The summed E-state index contributed by atoms with van der Waals surface area (Å²) >= 11 is 0. The molecule has 0 aromatic carbocycles. The molecule has 0 rings (SSSR count). The molecule has 0 aromatic rings. The van der Waals surface area contributed by atoms with Crippen molar-refractivity contribution in [2.45, 2.75) is 13.3 Å². The lowest BCUT2D eigenvalue weighted by molar-refractivity contribution is 0.144. The molecule has 0 spiro atoms. The predicted molar refractivity (Wildman–Crippen MR) is 37.3 cm³/mol. The molecule has 1 radical (unpaired) electrons. The fourth-order valence-electron chi connectivity index (χ4n) is 0.512. The van der Waals surface area contributed by atoms with E-state index in [9.17, 15) is 0 Å². The van der Waals surface area contributed by atoms with Crippen LogP contribution in [0.5, 0.6) is 0 Å². The topological polar surface area (TPSA) is 18.5 Å². The number of hydrogen-bond acceptors (Lipinski definition) is 2. The van der Waals surface area contributed by atoms with Gasteiger partial charge in [0.2, 0.25) is 0 Å². The first-order valence-electron chi connectivity index (χ1n) is 3.30. The van der Waals surface area contributed by atoms with Crippen molar-refractivity contribution in [1.29, 1.82) is 0 Å². The molecule has 55 valence electrons. The zero-order valence-electron chi connectivity index (χ0n) is 6.22. The summed E-state index contributed by atoms with van der Waals surface area (Å²) in [7, 11) is 1.69. The van der Waals surface area contributed by atoms with Gasteiger partial charge in [-0.2, -0.15) is 0 Å². The molecule has 0 unspecified atom stereocenters. The Morgan fingerprint density at radius 3 is 2.78 bits per heavy atom. The van der Waals surface area contributed by atoms with Gasteiger partial charge in [0.05, 0.1) is 0 Å². The van der Waals surface area contributed by atoms with Gasteiger partial charge in [-0.3, -0.25) is 0 Å². The minimum atomic E-state index is 0.729. The Bertz CT molecular complexity index is 40.2. The molecule has 0 heterocycles. The Kier molecular flexibility index (Phi) is 7.85. The van der Waals surface area contributed by atoms with E-state index in [2.05, 4.69) is 6.42 Å². The monoisotopic (exact) mass is 131 g/mol. The summed E-state index contributed by atoms with van der Waals surface area (Å²) in [6, 6.07) is 0. The molecule has 0 amide bonds. The maximum Gasteiger partial charge on any atom is 0.0494 e. The average Bonchev–Trinajstić information content (AvgIpc) is 1.89. The lowest BCUT2D eigenvalue weighted by Crippen LogP contribution is -1.96. The average molecular weight is 131 g/mol. The molecule has 0 saturated heterocycles. The minimum absolute atomic E-state index is 0.729. The number of ether oxygens (including phenoxy) is 2. The Morgan fingerprint density at radius 2 is 2.22 bits per heavy atom. The quantitative estimate of drug-likeness (QED) is 0.505. The van der Waals surface area contributed by atoms with Gasteiger partial charge in [-0.05, 0) is 19.8 Å². The summed E-state index contributed by atoms with van der Waals surface area (Å²) in [4.78, 5) is 0. The summed E-state index contributed by atoms with van der Waals surface area (Å²) in [5.74, 6) is 0. The highest BCUT2D eigenvalue weighted by Crippen LogP contribution is 1.87. The molecule has 0 saturated carbocycles. The second kappa shape index (κ2) is 7.92. The van der Waals surface area contributed by atoms with Crippen LogP contribution >= 0.6 is 0 Å². The summed E-state index contributed by atoms with van der Waals surface area (Å²) in [5, 5.41) is 0. The van der Waals surface area contributed by atoms with Gasteiger partial charge in [-0.25, -0.2) is 0 Å². The van der Waals surface area contributed by atoms with Crippen LogP contribution in [0.4, 0.5) is 0 Å². The zero-order chi connectivity index (χ0) is 6.95. The molecule has 0 aromatic heterocycles. The highest BCUT2D eigenvalue weighted by molar-refractivity contribution is 4.61. The molecule has 2 nitrogen and oxygen atoms in total. The molecule has 0 atom stereocenters. The first kappa shape index (κ1) is 8.92. The van der Waals surface area contributed by atoms with Crippen LogP contribution in [0.3, 0.4) is 0 Å². The van der Waals surface area contributed by atoms with Crippen molar-refractivity contribution < 1.29 is 9.47 Å². The van der Waals surface area contributed by atoms with Crippen LogP contribution in [-0.4, -0.2) is 26.9 Å². The summed E-state index contributed by atoms with van der Waals surface area (Å²) in [6.45, 7) is 4.35. The van der Waals surface area contributed by atoms with Crippen LogP contribution in [0, 0.1) is 6.42 Å². The third-order valence-electron chi connectivity index (χ3n) is 0.955. The number of hydrogen-bond donors (Lipinski definition) is 0. The summed E-state index contributed by atoms with van der Waals surface area (Å²) in [6.07, 6.45) is 3.05. The summed E-state index contributed by atoms with van der Waals surface area (Å²) in [5.41, 5.74) is 0. The maximum absolute atomic E-state index is 5.09. The molecule has 0 fully saturated rings. The molecule has 0 N–H and O–H groups in total. The van der Waals surface area contributed by atoms with Crippen molar-refractivity contribution in [3.05, 3.63) is 6.42 Å². The van der Waals surface area contributed by atoms with Crippen molar-refractivity contribution in [1.82, 2.24) is 0 Å². The third-order valence-corrected chi connectivity index (χ3v) is 0.955. The van der Waals surface area contributed by atoms with Crippen molar-refractivity contribution in [2.24, 2.45) is 0 Å². The minimum Gasteiger partial charge on any atom is -0.384 e. The molecule has 0 aliphatic carbocycles. The van der Waals surface area contributed by atoms with Gasteiger partial charge >= 0.3 is 0 Å². The van der Waals surface area contributed by atoms with Gasteiger partial charge in [0.25, 0.3) is 0 Å². The lowest BCUT2D eigenvalue weighted by Gasteiger charge is -1.98. The first-order valence-corrected chi connectivity index (χ1v) is 3.30. The molecule has 2 heteroatoms. The highest BCUT2D eigenvalue weighted by atomic mass is 16.5. The number of unbranched alkanes of at least 4 members (excludes halogenated alkanes) is 1. The van der Waals surface area contributed by atoms with E-state index in [4.69, 9.17) is 9.47 Å². The highest BCUT2D eigenvalue weighted by Gasteiger charge is 1.85. The van der Waals surface area contributed by atoms with Gasteiger partial charge < -0.3 is 9.47 Å². The van der Waals surface area contributed by atoms with E-state index in [0.717, 1.165) is 26.2 Å². The second-order valence-electron chi connectivity index (χ2n) is 1.73. The van der Waals surface area contributed by atoms with Crippen molar-refractivity contribution in [2.75, 3.05) is 26.9 Å². The van der Waals surface area contributed by atoms with Crippen LogP contribution in [0.2, 0.25) is 0 Å². The van der Waals surface area contributed by atoms with Crippen LogP contribution in [0.25, 0.3) is 0 Å². The van der Waals surface area contributed by atoms with Crippen molar-refractivity contribution in [3.8, 4) is 0 Å². The molecule has 0 bridgehead atoms. The Hall–Kier alpha value is -0.0800. The van der Waals surface area contributed by atoms with E-state index in [-0.39, 0.29) is 0 Å². The van der Waals surface area contributed by atoms with Crippen LogP contribution in [-0.2, 0) is 9.47 Å². The predicted octanol–water partition coefficient (Wildman–Crippen LogP) is 1.26. The van der Waals surface area contributed by atoms with Gasteiger partial charge in [0, 0.05) is 26.9 Å². The van der Waals surface area contributed by atoms with E-state index < -0.39 is 0 Å². The molecule has 0 aliphatic rings. The van der Waals surface area contributed by atoms with Gasteiger partial charge in [0.15, 0.2) is 0 Å². The lowest BCUT2D eigenvalue weighted by atomic mass is 10.3. The smallest absolute Gasteiger partial charge is 0.0494 e. The van der Waals surface area contributed by atoms with Gasteiger partial charge in [0.1, 0.15) is 0 Å². The fraction of sp³-hybridized carbons (Fsp3) is 0.857. The number of rotatable bonds is 6. The Balaban J connectivity index is 2.60. The SMILES string of the molecule is CCOCC[CH]COC. The van der Waals surface area contributed by atoms with Gasteiger partial charge in [-0.15, -0.1) is 0 Å². The Labute approximate surface area is 57.2 Å². The molecular formula is C7H15O2. The van der Waals surface area contributed by atoms with E-state index in [1.54, 1.807) is 7.11 Å². The summed E-state index contributed by atoms with van der Waals surface area (Å²) < 4.78 is 9.90. The van der Waals surface area contributed by atoms with E-state index >= 15 is 0 Å². The van der Waals surface area contributed by atoms with E-state index in [1.807, 2.05) is 6.92 Å². The van der Waals surface area contributed by atoms with Crippen LogP contribution < -0.4 is 0 Å². The Morgan fingerprint density at radius 1 is 1.44 bits per heavy atom. The van der Waals surface area contributed by atoms with E-state index in [1.165, 1.54) is 0 Å². The number of methoxy groups -OCH3 is 1. The van der Waals surface area contributed by atoms with Crippen LogP contribution in [0.15, 0.2) is 0 Å². The van der Waals surface area contributed by atoms with Crippen molar-refractivity contribution >= 4 is 0 Å². The zero-order valence-corrected chi connectivity index (χ0v) is 6.22. The largest absolute Gasteiger partial charge is 0.384 e. The maximum atomic E-state index is 5.09. The third kappa shape index (κ3) is 7.92. The second-order valence-corrected chi connectivity index (χ2v) is 1.73. The normalized spacial score (nSPS) is 10.0. The standard InChI is InChI=1S/C7H15O2/c1-3-9-7-5-4-6-8-2/h4H,3,5-7H2,1-2H3. The van der Waals surface area contributed by atoms with Crippen LogP contribution in [0.1, 0.15) is 13.3 Å². The first-order chi connectivity index (χ1) is 4.41. The molecular weight excluding hydrogens is 116 g/mol.